The highest BCUT2D eigenvalue weighted by Gasteiger charge is 2.09. The van der Waals surface area contributed by atoms with Gasteiger partial charge in [-0.25, -0.2) is 0 Å². The third-order valence-corrected chi connectivity index (χ3v) is 3.42. The van der Waals surface area contributed by atoms with Crippen molar-refractivity contribution in [3.63, 3.8) is 0 Å². The lowest BCUT2D eigenvalue weighted by atomic mass is 10.1. The van der Waals surface area contributed by atoms with Crippen LogP contribution >= 0.6 is 11.6 Å². The highest BCUT2D eigenvalue weighted by Crippen LogP contribution is 2.29. The van der Waals surface area contributed by atoms with Gasteiger partial charge in [-0.05, 0) is 48.5 Å². The molecule has 3 aromatic rings. The number of nitrogen functional groups attached to an aromatic ring is 1. The van der Waals surface area contributed by atoms with Gasteiger partial charge in [0.2, 0.25) is 0 Å². The Balaban J connectivity index is 2.15. The minimum Gasteiger partial charge on any atom is -0.497 e. The van der Waals surface area contributed by atoms with Gasteiger partial charge in [-0.1, -0.05) is 11.6 Å². The number of fused-ring (bicyclic) bond motifs is 1. The third kappa shape index (κ3) is 2.02. The fourth-order valence-electron chi connectivity index (χ4n) is 2.19. The molecule has 0 radical (unpaired) electrons. The maximum Gasteiger partial charge on any atom is 0.118 e. The van der Waals surface area contributed by atoms with Crippen LogP contribution in [0.4, 0.5) is 0 Å². The molecule has 4 heteroatoms. The van der Waals surface area contributed by atoms with Crippen LogP contribution in [-0.4, -0.2) is 11.8 Å². The molecule has 0 bridgehead atoms. The van der Waals surface area contributed by atoms with E-state index in [1.54, 1.807) is 11.8 Å². The zero-order valence-electron chi connectivity index (χ0n) is 10.4. The first-order chi connectivity index (χ1) is 9.19. The van der Waals surface area contributed by atoms with Crippen LogP contribution in [-0.2, 0) is 0 Å². The van der Waals surface area contributed by atoms with Crippen molar-refractivity contribution in [2.45, 2.75) is 0 Å². The van der Waals surface area contributed by atoms with Gasteiger partial charge < -0.3 is 10.6 Å². The fraction of sp³-hybridized carbons (Fsp3) is 0.0667. The summed E-state index contributed by atoms with van der Waals surface area (Å²) in [5, 5.41) is 1.74. The third-order valence-electron chi connectivity index (χ3n) is 3.19. The first-order valence-electron chi connectivity index (χ1n) is 5.89. The van der Waals surface area contributed by atoms with Crippen LogP contribution in [0.1, 0.15) is 0 Å². The van der Waals surface area contributed by atoms with Crippen LogP contribution in [0.25, 0.3) is 22.2 Å². The van der Waals surface area contributed by atoms with E-state index in [0.29, 0.717) is 5.02 Å². The summed E-state index contributed by atoms with van der Waals surface area (Å²) in [5.74, 6) is 6.96. The summed E-state index contributed by atoms with van der Waals surface area (Å²) in [7, 11) is 1.65. The summed E-state index contributed by atoms with van der Waals surface area (Å²) in [5.41, 5.74) is 2.94. The molecule has 0 aliphatic carbocycles. The van der Waals surface area contributed by atoms with E-state index in [0.717, 1.165) is 27.9 Å². The number of hydrogen-bond acceptors (Lipinski definition) is 2. The van der Waals surface area contributed by atoms with E-state index in [2.05, 4.69) is 0 Å². The highest BCUT2D eigenvalue weighted by atomic mass is 35.5. The molecule has 0 amide bonds. The number of methoxy groups -OCH3 is 1. The normalized spacial score (nSPS) is 10.8. The Morgan fingerprint density at radius 3 is 2.47 bits per heavy atom. The predicted octanol–water partition coefficient (Wildman–Crippen LogP) is 3.68. The quantitative estimate of drug-likeness (QED) is 0.723. The number of nitrogens with two attached hydrogens (primary N) is 1. The number of nitrogens with zero attached hydrogens (tertiary/aromatic N) is 1. The standard InChI is InChI=1S/C15H13ClN2O/c1-19-13-5-2-10(3-6-13)15-9-11-8-12(16)4-7-14(11)18(15)17/h2-9H,17H2,1H3. The molecule has 3 rings (SSSR count). The predicted molar refractivity (Wildman–Crippen MR) is 79.1 cm³/mol. The monoisotopic (exact) mass is 272 g/mol. The van der Waals surface area contributed by atoms with Crippen molar-refractivity contribution >= 4 is 22.5 Å². The van der Waals surface area contributed by atoms with Gasteiger partial charge >= 0.3 is 0 Å². The number of benzene rings is 2. The van der Waals surface area contributed by atoms with E-state index in [4.69, 9.17) is 22.2 Å². The molecule has 2 aromatic carbocycles. The molecule has 0 spiro atoms. The van der Waals surface area contributed by atoms with E-state index in [-0.39, 0.29) is 0 Å². The van der Waals surface area contributed by atoms with Crippen LogP contribution in [0.5, 0.6) is 5.75 Å². The van der Waals surface area contributed by atoms with Gasteiger partial charge in [0.05, 0.1) is 18.3 Å². The molecule has 0 saturated heterocycles. The van der Waals surface area contributed by atoms with E-state index in [1.165, 1.54) is 0 Å². The molecule has 96 valence electrons. The summed E-state index contributed by atoms with van der Waals surface area (Å²) < 4.78 is 6.83. The first kappa shape index (κ1) is 11.9. The van der Waals surface area contributed by atoms with Gasteiger partial charge in [-0.15, -0.1) is 0 Å². The summed E-state index contributed by atoms with van der Waals surface area (Å²) in [6.07, 6.45) is 0. The fourth-order valence-corrected chi connectivity index (χ4v) is 2.37. The molecule has 0 atom stereocenters. The molecule has 0 aliphatic heterocycles. The zero-order valence-corrected chi connectivity index (χ0v) is 11.2. The van der Waals surface area contributed by atoms with E-state index < -0.39 is 0 Å². The largest absolute Gasteiger partial charge is 0.497 e. The van der Waals surface area contributed by atoms with Gasteiger partial charge in [0.25, 0.3) is 0 Å². The van der Waals surface area contributed by atoms with Crippen molar-refractivity contribution in [3.05, 3.63) is 53.6 Å². The number of halogens is 1. The lowest BCUT2D eigenvalue weighted by molar-refractivity contribution is 0.415. The first-order valence-corrected chi connectivity index (χ1v) is 6.27. The van der Waals surface area contributed by atoms with Crippen molar-refractivity contribution in [3.8, 4) is 17.0 Å². The zero-order chi connectivity index (χ0) is 13.4. The van der Waals surface area contributed by atoms with Crippen LogP contribution in [0.3, 0.4) is 0 Å². The molecule has 19 heavy (non-hydrogen) atoms. The van der Waals surface area contributed by atoms with Gasteiger partial charge in [0.1, 0.15) is 5.75 Å². The van der Waals surface area contributed by atoms with Crippen LogP contribution in [0, 0.1) is 0 Å². The lowest BCUT2D eigenvalue weighted by Gasteiger charge is -2.05. The average molecular weight is 273 g/mol. The van der Waals surface area contributed by atoms with Gasteiger partial charge in [0.15, 0.2) is 0 Å². The van der Waals surface area contributed by atoms with Crippen molar-refractivity contribution < 1.29 is 4.74 Å². The second-order valence-corrected chi connectivity index (χ2v) is 4.77. The molecule has 0 fully saturated rings. The SMILES string of the molecule is COc1ccc(-c2cc3cc(Cl)ccc3n2N)cc1. The number of rotatable bonds is 2. The second-order valence-electron chi connectivity index (χ2n) is 4.33. The van der Waals surface area contributed by atoms with E-state index >= 15 is 0 Å². The Morgan fingerprint density at radius 2 is 1.79 bits per heavy atom. The van der Waals surface area contributed by atoms with Crippen molar-refractivity contribution in [2.24, 2.45) is 0 Å². The van der Waals surface area contributed by atoms with Crippen molar-refractivity contribution in [1.82, 2.24) is 4.68 Å². The highest BCUT2D eigenvalue weighted by molar-refractivity contribution is 6.31. The summed E-state index contributed by atoms with van der Waals surface area (Å²) >= 11 is 6.00. The average Bonchev–Trinajstić information content (AvgIpc) is 2.75. The van der Waals surface area contributed by atoms with E-state index in [9.17, 15) is 0 Å². The molecule has 2 N–H and O–H groups in total. The number of ether oxygens (including phenoxy) is 1. The van der Waals surface area contributed by atoms with Crippen LogP contribution < -0.4 is 10.6 Å². The Bertz CT molecular complexity index is 732. The topological polar surface area (TPSA) is 40.2 Å². The second kappa shape index (κ2) is 4.52. The Kier molecular flexibility index (Phi) is 2.84. The molecule has 1 heterocycles. The number of hydrogen-bond donors (Lipinski definition) is 1. The van der Waals surface area contributed by atoms with Crippen molar-refractivity contribution in [1.29, 1.82) is 0 Å². The minimum atomic E-state index is 0.708. The Labute approximate surface area is 116 Å². The molecular weight excluding hydrogens is 260 g/mol. The summed E-state index contributed by atoms with van der Waals surface area (Å²) in [6, 6.07) is 15.5. The maximum atomic E-state index is 6.13. The molecule has 1 aromatic heterocycles. The smallest absolute Gasteiger partial charge is 0.118 e. The van der Waals surface area contributed by atoms with Gasteiger partial charge in [0, 0.05) is 16.0 Å². The van der Waals surface area contributed by atoms with Crippen LogP contribution in [0.2, 0.25) is 5.02 Å². The van der Waals surface area contributed by atoms with Gasteiger partial charge in [-0.2, -0.15) is 0 Å². The Morgan fingerprint density at radius 1 is 1.05 bits per heavy atom. The molecule has 0 saturated carbocycles. The van der Waals surface area contributed by atoms with Crippen molar-refractivity contribution in [2.75, 3.05) is 13.0 Å². The molecular formula is C15H13ClN2O. The minimum absolute atomic E-state index is 0.708. The number of aromatic nitrogens is 1. The molecule has 0 aliphatic rings. The summed E-state index contributed by atoms with van der Waals surface area (Å²) in [4.78, 5) is 0. The van der Waals surface area contributed by atoms with Crippen LogP contribution in [0.15, 0.2) is 48.5 Å². The van der Waals surface area contributed by atoms with E-state index in [1.807, 2.05) is 48.5 Å². The Hall–Kier alpha value is -2.13. The molecule has 0 unspecified atom stereocenters. The maximum absolute atomic E-state index is 6.13. The van der Waals surface area contributed by atoms with Gasteiger partial charge in [-0.3, -0.25) is 4.68 Å². The summed E-state index contributed by atoms with van der Waals surface area (Å²) in [6.45, 7) is 0. The molecule has 3 nitrogen and oxygen atoms in total. The lowest BCUT2D eigenvalue weighted by Crippen LogP contribution is -2.08.